The van der Waals surface area contributed by atoms with Crippen LogP contribution in [0.2, 0.25) is 0 Å². The van der Waals surface area contributed by atoms with Gasteiger partial charge in [0, 0.05) is 19.5 Å². The maximum atomic E-state index is 12.4. The van der Waals surface area contributed by atoms with Crippen LogP contribution in [0, 0.1) is 12.8 Å². The molecule has 0 aliphatic rings. The fraction of sp³-hybridized carbons (Fsp3) is 0.421. The third kappa shape index (κ3) is 5.05. The van der Waals surface area contributed by atoms with E-state index in [1.54, 1.807) is 28.8 Å². The van der Waals surface area contributed by atoms with Crippen molar-refractivity contribution >= 4 is 21.5 Å². The molecule has 0 unspecified atom stereocenters. The second-order valence-electron chi connectivity index (χ2n) is 7.17. The Labute approximate surface area is 165 Å². The number of benzene rings is 1. The van der Waals surface area contributed by atoms with Crippen molar-refractivity contribution in [2.75, 3.05) is 18.4 Å². The number of sulfonamides is 1. The van der Waals surface area contributed by atoms with Gasteiger partial charge in [-0.1, -0.05) is 31.5 Å². The first-order valence-corrected chi connectivity index (χ1v) is 10.8. The van der Waals surface area contributed by atoms with Crippen LogP contribution in [0.1, 0.15) is 31.7 Å². The first kappa shape index (κ1) is 20.2. The number of anilines is 1. The normalized spacial score (nSPS) is 12.0. The summed E-state index contributed by atoms with van der Waals surface area (Å²) in [6.45, 7) is 7.31. The van der Waals surface area contributed by atoms with Gasteiger partial charge in [-0.25, -0.2) is 13.1 Å². The van der Waals surface area contributed by atoms with Crippen LogP contribution in [0.15, 0.2) is 41.3 Å². The lowest BCUT2D eigenvalue weighted by Crippen LogP contribution is -2.26. The van der Waals surface area contributed by atoms with Crippen molar-refractivity contribution < 1.29 is 8.42 Å². The molecule has 0 aliphatic carbocycles. The molecule has 2 heterocycles. The van der Waals surface area contributed by atoms with E-state index >= 15 is 0 Å². The zero-order valence-corrected chi connectivity index (χ0v) is 17.2. The van der Waals surface area contributed by atoms with Gasteiger partial charge >= 0.3 is 0 Å². The summed E-state index contributed by atoms with van der Waals surface area (Å²) >= 11 is 0. The minimum absolute atomic E-state index is 0.212. The summed E-state index contributed by atoms with van der Waals surface area (Å²) < 4.78 is 29.0. The van der Waals surface area contributed by atoms with Gasteiger partial charge < -0.3 is 5.32 Å². The average Bonchev–Trinajstić information content (AvgIpc) is 3.04. The van der Waals surface area contributed by atoms with Crippen LogP contribution in [0.5, 0.6) is 0 Å². The second-order valence-corrected chi connectivity index (χ2v) is 8.94. The lowest BCUT2D eigenvalue weighted by Gasteiger charge is -2.08. The van der Waals surface area contributed by atoms with Crippen molar-refractivity contribution in [3.63, 3.8) is 0 Å². The lowest BCUT2D eigenvalue weighted by molar-refractivity contribution is 0.580. The standard InChI is InChI=1S/C19H26N6O2S/c1-14(2)10-12-20-17-8-9-18-22-23-19(25(18)24-17)11-13-21-28(26,27)16-6-4-15(3)5-7-16/h4-9,14,21H,10-13H2,1-3H3,(H,20,24). The molecule has 0 spiro atoms. The molecule has 0 saturated heterocycles. The summed E-state index contributed by atoms with van der Waals surface area (Å²) in [6, 6.07) is 10.5. The van der Waals surface area contributed by atoms with E-state index in [9.17, 15) is 8.42 Å². The van der Waals surface area contributed by atoms with Crippen molar-refractivity contribution in [3.05, 3.63) is 47.8 Å². The minimum Gasteiger partial charge on any atom is -0.369 e. The number of nitrogens with one attached hydrogen (secondary N) is 2. The highest BCUT2D eigenvalue weighted by Crippen LogP contribution is 2.11. The molecule has 150 valence electrons. The number of hydrogen-bond acceptors (Lipinski definition) is 6. The van der Waals surface area contributed by atoms with Gasteiger partial charge in [0.25, 0.3) is 0 Å². The smallest absolute Gasteiger partial charge is 0.240 e. The molecule has 0 saturated carbocycles. The Morgan fingerprint density at radius 2 is 1.79 bits per heavy atom. The molecule has 3 rings (SSSR count). The topological polar surface area (TPSA) is 101 Å². The molecule has 8 nitrogen and oxygen atoms in total. The Bertz CT molecular complexity index is 1030. The van der Waals surface area contributed by atoms with E-state index in [0.29, 0.717) is 23.8 Å². The minimum atomic E-state index is -3.55. The largest absolute Gasteiger partial charge is 0.369 e. The quantitative estimate of drug-likeness (QED) is 0.570. The van der Waals surface area contributed by atoms with Crippen LogP contribution in [-0.2, 0) is 16.4 Å². The maximum absolute atomic E-state index is 12.4. The van der Waals surface area contributed by atoms with Crippen LogP contribution in [0.25, 0.3) is 5.65 Å². The molecule has 0 bridgehead atoms. The molecule has 1 aromatic carbocycles. The van der Waals surface area contributed by atoms with Crippen LogP contribution in [0.3, 0.4) is 0 Å². The Morgan fingerprint density at radius 3 is 2.50 bits per heavy atom. The van der Waals surface area contributed by atoms with Crippen molar-refractivity contribution in [1.82, 2.24) is 24.5 Å². The van der Waals surface area contributed by atoms with Gasteiger partial charge in [0.15, 0.2) is 11.5 Å². The Hall–Kier alpha value is -2.52. The molecule has 0 fully saturated rings. The molecule has 2 aromatic heterocycles. The highest BCUT2D eigenvalue weighted by molar-refractivity contribution is 7.89. The van der Waals surface area contributed by atoms with Gasteiger partial charge in [-0.3, -0.25) is 0 Å². The predicted molar refractivity (Wildman–Crippen MR) is 109 cm³/mol. The zero-order valence-electron chi connectivity index (χ0n) is 16.4. The Balaban J connectivity index is 1.64. The number of aromatic nitrogens is 4. The molecule has 0 radical (unpaired) electrons. The monoisotopic (exact) mass is 402 g/mol. The summed E-state index contributed by atoms with van der Waals surface area (Å²) in [7, 11) is -3.55. The molecule has 0 atom stereocenters. The van der Waals surface area contributed by atoms with E-state index in [1.807, 2.05) is 19.1 Å². The van der Waals surface area contributed by atoms with Crippen LogP contribution in [-0.4, -0.2) is 41.3 Å². The third-order valence-corrected chi connectivity index (χ3v) is 5.80. The van der Waals surface area contributed by atoms with Gasteiger partial charge in [-0.05, 0) is 43.5 Å². The second kappa shape index (κ2) is 8.66. The Morgan fingerprint density at radius 1 is 1.04 bits per heavy atom. The number of fused-ring (bicyclic) bond motifs is 1. The first-order valence-electron chi connectivity index (χ1n) is 9.37. The first-order chi connectivity index (χ1) is 13.3. The Kier molecular flexibility index (Phi) is 6.25. The SMILES string of the molecule is Cc1ccc(S(=O)(=O)NCCc2nnc3ccc(NCCC(C)C)nn23)cc1. The van der Waals surface area contributed by atoms with E-state index in [2.05, 4.69) is 39.2 Å². The summed E-state index contributed by atoms with van der Waals surface area (Å²) in [5, 5.41) is 16.0. The fourth-order valence-electron chi connectivity index (χ4n) is 2.67. The summed E-state index contributed by atoms with van der Waals surface area (Å²) in [5.41, 5.74) is 1.64. The van der Waals surface area contributed by atoms with Crippen molar-refractivity contribution in [3.8, 4) is 0 Å². The van der Waals surface area contributed by atoms with E-state index in [0.717, 1.165) is 24.3 Å². The fourth-order valence-corrected chi connectivity index (χ4v) is 3.70. The summed E-state index contributed by atoms with van der Waals surface area (Å²) in [4.78, 5) is 0.249. The van der Waals surface area contributed by atoms with Crippen LogP contribution in [0.4, 0.5) is 5.82 Å². The molecule has 0 amide bonds. The highest BCUT2D eigenvalue weighted by atomic mass is 32.2. The van der Waals surface area contributed by atoms with Gasteiger partial charge in [0.05, 0.1) is 4.90 Å². The van der Waals surface area contributed by atoms with Crippen LogP contribution < -0.4 is 10.0 Å². The summed E-state index contributed by atoms with van der Waals surface area (Å²) in [5.74, 6) is 1.96. The number of aryl methyl sites for hydroxylation is 1. The lowest BCUT2D eigenvalue weighted by atomic mass is 10.1. The average molecular weight is 403 g/mol. The van der Waals surface area contributed by atoms with Crippen molar-refractivity contribution in [2.24, 2.45) is 5.92 Å². The van der Waals surface area contributed by atoms with E-state index < -0.39 is 10.0 Å². The molecule has 2 N–H and O–H groups in total. The maximum Gasteiger partial charge on any atom is 0.240 e. The predicted octanol–water partition coefficient (Wildman–Crippen LogP) is 2.41. The molecular formula is C19H26N6O2S. The molecule has 3 aromatic rings. The summed E-state index contributed by atoms with van der Waals surface area (Å²) in [6.07, 6.45) is 1.43. The third-order valence-electron chi connectivity index (χ3n) is 4.33. The highest BCUT2D eigenvalue weighted by Gasteiger charge is 2.14. The van der Waals surface area contributed by atoms with Gasteiger partial charge in [-0.2, -0.15) is 4.52 Å². The van der Waals surface area contributed by atoms with Crippen molar-refractivity contribution in [1.29, 1.82) is 0 Å². The number of nitrogens with zero attached hydrogens (tertiary/aromatic N) is 4. The van der Waals surface area contributed by atoms with Gasteiger partial charge in [-0.15, -0.1) is 15.3 Å². The zero-order chi connectivity index (χ0) is 20.1. The number of rotatable bonds is 9. The van der Waals surface area contributed by atoms with E-state index in [-0.39, 0.29) is 11.4 Å². The van der Waals surface area contributed by atoms with E-state index in [1.165, 1.54) is 0 Å². The van der Waals surface area contributed by atoms with Gasteiger partial charge in [0.1, 0.15) is 5.82 Å². The molecule has 9 heteroatoms. The van der Waals surface area contributed by atoms with Crippen LogP contribution >= 0.6 is 0 Å². The van der Waals surface area contributed by atoms with Crippen molar-refractivity contribution in [2.45, 2.75) is 38.5 Å². The van der Waals surface area contributed by atoms with E-state index in [4.69, 9.17) is 0 Å². The number of hydrogen-bond donors (Lipinski definition) is 2. The molecule has 28 heavy (non-hydrogen) atoms. The molecular weight excluding hydrogens is 376 g/mol. The van der Waals surface area contributed by atoms with Gasteiger partial charge in [0.2, 0.25) is 10.0 Å². The molecule has 0 aliphatic heterocycles.